The van der Waals surface area contributed by atoms with Crippen LogP contribution >= 0.6 is 12.0 Å². The van der Waals surface area contributed by atoms with Crippen molar-refractivity contribution in [3.05, 3.63) is 0 Å². The fourth-order valence-electron chi connectivity index (χ4n) is 0.741. The Morgan fingerprint density at radius 2 is 2.50 bits per heavy atom. The highest BCUT2D eigenvalue weighted by Gasteiger charge is 2.22. The van der Waals surface area contributed by atoms with E-state index in [1.807, 2.05) is 7.05 Å². The van der Waals surface area contributed by atoms with Gasteiger partial charge in [0.1, 0.15) is 0 Å². The molecule has 0 aromatic rings. The van der Waals surface area contributed by atoms with E-state index >= 15 is 0 Å². The number of likely N-dealkylation sites (N-methyl/N-ethyl adjacent to an activating group) is 1. The summed E-state index contributed by atoms with van der Waals surface area (Å²) in [6.07, 6.45) is 0.380. The molecule has 1 aliphatic heterocycles. The van der Waals surface area contributed by atoms with E-state index in [4.69, 9.17) is 4.18 Å². The zero-order chi connectivity index (χ0) is 5.98. The standard InChI is InChI=1S/C5H11NOS/c1-4-5(6-2)3-8-7-4/h4-6H,3H2,1-2H3. The Morgan fingerprint density at radius 3 is 2.75 bits per heavy atom. The summed E-state index contributed by atoms with van der Waals surface area (Å²) < 4.78 is 5.21. The molecule has 0 spiro atoms. The summed E-state index contributed by atoms with van der Waals surface area (Å²) in [6.45, 7) is 2.08. The number of rotatable bonds is 1. The monoisotopic (exact) mass is 133 g/mol. The average Bonchev–Trinajstić information content (AvgIpc) is 2.14. The fourth-order valence-corrected chi connectivity index (χ4v) is 1.75. The Balaban J connectivity index is 2.30. The van der Waals surface area contributed by atoms with Gasteiger partial charge in [0.05, 0.1) is 6.10 Å². The second kappa shape index (κ2) is 2.71. The first-order valence-corrected chi connectivity index (χ1v) is 3.71. The van der Waals surface area contributed by atoms with Crippen LogP contribution in [-0.4, -0.2) is 24.9 Å². The largest absolute Gasteiger partial charge is 0.314 e. The van der Waals surface area contributed by atoms with Crippen LogP contribution in [0, 0.1) is 0 Å². The highest BCUT2D eigenvalue weighted by atomic mass is 32.2. The Labute approximate surface area is 54.2 Å². The lowest BCUT2D eigenvalue weighted by Crippen LogP contribution is -2.33. The summed E-state index contributed by atoms with van der Waals surface area (Å²) in [4.78, 5) is 0. The van der Waals surface area contributed by atoms with E-state index in [-0.39, 0.29) is 0 Å². The minimum Gasteiger partial charge on any atom is -0.314 e. The van der Waals surface area contributed by atoms with Gasteiger partial charge in [0.15, 0.2) is 0 Å². The van der Waals surface area contributed by atoms with Gasteiger partial charge in [-0.3, -0.25) is 0 Å². The first kappa shape index (κ1) is 6.39. The van der Waals surface area contributed by atoms with E-state index in [0.717, 1.165) is 5.75 Å². The maximum Gasteiger partial charge on any atom is 0.0855 e. The molecule has 1 fully saturated rings. The van der Waals surface area contributed by atoms with E-state index in [0.29, 0.717) is 12.1 Å². The molecule has 48 valence electrons. The van der Waals surface area contributed by atoms with Crippen molar-refractivity contribution in [2.75, 3.05) is 12.8 Å². The first-order valence-electron chi connectivity index (χ1n) is 2.80. The van der Waals surface area contributed by atoms with Crippen LogP contribution in [0.5, 0.6) is 0 Å². The van der Waals surface area contributed by atoms with Crippen LogP contribution in [0.1, 0.15) is 6.92 Å². The van der Waals surface area contributed by atoms with E-state index < -0.39 is 0 Å². The van der Waals surface area contributed by atoms with Gasteiger partial charge in [0.25, 0.3) is 0 Å². The van der Waals surface area contributed by atoms with E-state index in [1.165, 1.54) is 0 Å². The third-order valence-electron chi connectivity index (χ3n) is 1.40. The second-order valence-electron chi connectivity index (χ2n) is 1.98. The molecule has 1 rings (SSSR count). The molecule has 1 saturated heterocycles. The van der Waals surface area contributed by atoms with Gasteiger partial charge in [-0.05, 0) is 26.0 Å². The van der Waals surface area contributed by atoms with Crippen molar-refractivity contribution in [1.29, 1.82) is 0 Å². The summed E-state index contributed by atoms with van der Waals surface area (Å²) in [5, 5.41) is 3.17. The third kappa shape index (κ3) is 1.16. The molecule has 0 aromatic carbocycles. The number of hydrogen-bond donors (Lipinski definition) is 1. The topological polar surface area (TPSA) is 21.3 Å². The summed E-state index contributed by atoms with van der Waals surface area (Å²) in [5.41, 5.74) is 0. The van der Waals surface area contributed by atoms with Gasteiger partial charge < -0.3 is 9.50 Å². The molecule has 1 aliphatic rings. The van der Waals surface area contributed by atoms with Gasteiger partial charge >= 0.3 is 0 Å². The van der Waals surface area contributed by atoms with Crippen molar-refractivity contribution in [2.45, 2.75) is 19.1 Å². The zero-order valence-corrected chi connectivity index (χ0v) is 5.99. The van der Waals surface area contributed by atoms with E-state index in [1.54, 1.807) is 12.0 Å². The summed E-state index contributed by atoms with van der Waals surface area (Å²) in [5.74, 6) is 1.08. The Bertz CT molecular complexity index is 78.8. The Morgan fingerprint density at radius 1 is 1.75 bits per heavy atom. The van der Waals surface area contributed by atoms with Crippen LogP contribution < -0.4 is 5.32 Å². The molecule has 2 unspecified atom stereocenters. The van der Waals surface area contributed by atoms with Crippen LogP contribution in [0.15, 0.2) is 0 Å². The molecule has 0 aromatic heterocycles. The highest BCUT2D eigenvalue weighted by molar-refractivity contribution is 7.94. The van der Waals surface area contributed by atoms with E-state index in [9.17, 15) is 0 Å². The third-order valence-corrected chi connectivity index (χ3v) is 2.34. The lowest BCUT2D eigenvalue weighted by atomic mass is 10.2. The second-order valence-corrected chi connectivity index (χ2v) is 2.74. The highest BCUT2D eigenvalue weighted by Crippen LogP contribution is 2.20. The number of hydrogen-bond acceptors (Lipinski definition) is 3. The number of nitrogens with one attached hydrogen (secondary N) is 1. The van der Waals surface area contributed by atoms with Gasteiger partial charge in [0.2, 0.25) is 0 Å². The van der Waals surface area contributed by atoms with Crippen LogP contribution in [0.2, 0.25) is 0 Å². The average molecular weight is 133 g/mol. The van der Waals surface area contributed by atoms with Crippen molar-refractivity contribution in [1.82, 2.24) is 5.32 Å². The van der Waals surface area contributed by atoms with Gasteiger partial charge in [-0.15, -0.1) is 0 Å². The summed E-state index contributed by atoms with van der Waals surface area (Å²) in [7, 11) is 1.97. The normalized spacial score (nSPS) is 38.2. The van der Waals surface area contributed by atoms with Gasteiger partial charge in [-0.25, -0.2) is 0 Å². The molecule has 8 heavy (non-hydrogen) atoms. The molecule has 0 aliphatic carbocycles. The summed E-state index contributed by atoms with van der Waals surface area (Å²) >= 11 is 1.55. The van der Waals surface area contributed by atoms with Crippen molar-refractivity contribution in [3.8, 4) is 0 Å². The predicted octanol–water partition coefficient (Wildman–Crippen LogP) is 0.641. The summed E-state index contributed by atoms with van der Waals surface area (Å²) in [6, 6.07) is 0.556. The molecule has 0 saturated carbocycles. The minimum absolute atomic E-state index is 0.380. The van der Waals surface area contributed by atoms with Crippen LogP contribution in [0.4, 0.5) is 0 Å². The Hall–Kier alpha value is 0.270. The van der Waals surface area contributed by atoms with Gasteiger partial charge in [-0.2, -0.15) is 0 Å². The quantitative estimate of drug-likeness (QED) is 0.530. The maximum atomic E-state index is 5.21. The molecule has 2 atom stereocenters. The van der Waals surface area contributed by atoms with Crippen LogP contribution in [0.3, 0.4) is 0 Å². The van der Waals surface area contributed by atoms with Crippen LogP contribution in [0.25, 0.3) is 0 Å². The van der Waals surface area contributed by atoms with Crippen molar-refractivity contribution >= 4 is 12.0 Å². The minimum atomic E-state index is 0.380. The molecule has 0 bridgehead atoms. The Kier molecular flexibility index (Phi) is 2.16. The van der Waals surface area contributed by atoms with E-state index in [2.05, 4.69) is 12.2 Å². The smallest absolute Gasteiger partial charge is 0.0855 e. The molecule has 1 N–H and O–H groups in total. The first-order chi connectivity index (χ1) is 3.84. The van der Waals surface area contributed by atoms with Crippen molar-refractivity contribution < 1.29 is 4.18 Å². The molecular formula is C5H11NOS. The van der Waals surface area contributed by atoms with Crippen molar-refractivity contribution in [3.63, 3.8) is 0 Å². The molecule has 0 amide bonds. The molecule has 0 radical (unpaired) electrons. The van der Waals surface area contributed by atoms with Crippen molar-refractivity contribution in [2.24, 2.45) is 0 Å². The SMILES string of the molecule is CNC1CSOC1C. The van der Waals surface area contributed by atoms with Crippen LogP contribution in [-0.2, 0) is 4.18 Å². The molecule has 3 heteroatoms. The molecule has 1 heterocycles. The molecular weight excluding hydrogens is 122 g/mol. The maximum absolute atomic E-state index is 5.21. The van der Waals surface area contributed by atoms with Gasteiger partial charge in [-0.1, -0.05) is 0 Å². The fraction of sp³-hybridized carbons (Fsp3) is 1.00. The predicted molar refractivity (Wildman–Crippen MR) is 35.9 cm³/mol. The lowest BCUT2D eigenvalue weighted by Gasteiger charge is -2.09. The molecule has 2 nitrogen and oxygen atoms in total. The zero-order valence-electron chi connectivity index (χ0n) is 5.18. The van der Waals surface area contributed by atoms with Gasteiger partial charge in [0, 0.05) is 11.8 Å². The lowest BCUT2D eigenvalue weighted by molar-refractivity contribution is 0.248.